The number of aliphatic imine (C=N–C) groups is 1. The fourth-order valence-corrected chi connectivity index (χ4v) is 3.90. The standard InChI is InChI=1S/C25H23Cl2FN4/c26-21-8-6-19(7-9-21)24-20(16-18-4-2-1-3-5-18)17-32(31-24)25(29-15-14-28)30-23-12-10-22(27)11-13-23/h1-13,20H,14-17H2,(H,29,30). The Kier molecular flexibility index (Phi) is 7.40. The Hall–Kier alpha value is -2.89. The largest absolute Gasteiger partial charge is 0.325 e. The number of nitrogens with zero attached hydrogens (tertiary/aromatic N) is 3. The van der Waals surface area contributed by atoms with Gasteiger partial charge >= 0.3 is 0 Å². The summed E-state index contributed by atoms with van der Waals surface area (Å²) in [5, 5.41) is 11.3. The van der Waals surface area contributed by atoms with Gasteiger partial charge in [-0.2, -0.15) is 5.10 Å². The van der Waals surface area contributed by atoms with Crippen LogP contribution < -0.4 is 5.32 Å². The quantitative estimate of drug-likeness (QED) is 0.340. The van der Waals surface area contributed by atoms with E-state index in [1.54, 1.807) is 12.1 Å². The van der Waals surface area contributed by atoms with Crippen molar-refractivity contribution in [3.63, 3.8) is 0 Å². The van der Waals surface area contributed by atoms with Gasteiger partial charge in [0, 0.05) is 21.7 Å². The second-order valence-corrected chi connectivity index (χ2v) is 8.36. The van der Waals surface area contributed by atoms with Crippen molar-refractivity contribution in [2.45, 2.75) is 6.42 Å². The van der Waals surface area contributed by atoms with Crippen LogP contribution >= 0.6 is 23.2 Å². The van der Waals surface area contributed by atoms with Gasteiger partial charge in [-0.15, -0.1) is 0 Å². The molecule has 0 spiro atoms. The highest BCUT2D eigenvalue weighted by molar-refractivity contribution is 6.31. The predicted octanol–water partition coefficient (Wildman–Crippen LogP) is 6.31. The molecule has 1 atom stereocenters. The summed E-state index contributed by atoms with van der Waals surface area (Å²) < 4.78 is 13.0. The maximum atomic E-state index is 13.0. The average molecular weight is 469 g/mol. The fourth-order valence-electron chi connectivity index (χ4n) is 3.65. The number of rotatable bonds is 6. The molecule has 0 aromatic heterocycles. The van der Waals surface area contributed by atoms with Gasteiger partial charge in [0.2, 0.25) is 5.96 Å². The fraction of sp³-hybridized carbons (Fsp3) is 0.200. The number of hydrogen-bond donors (Lipinski definition) is 1. The normalized spacial score (nSPS) is 16.2. The van der Waals surface area contributed by atoms with Crippen molar-refractivity contribution < 1.29 is 4.39 Å². The lowest BCUT2D eigenvalue weighted by Crippen LogP contribution is -2.33. The van der Waals surface area contributed by atoms with Crippen LogP contribution in [0.3, 0.4) is 0 Å². The molecule has 0 aliphatic carbocycles. The van der Waals surface area contributed by atoms with Crippen LogP contribution in [0.4, 0.5) is 10.1 Å². The number of guanidine groups is 1. The number of hydrogen-bond acceptors (Lipinski definition) is 2. The minimum atomic E-state index is -0.541. The molecule has 1 N–H and O–H groups in total. The van der Waals surface area contributed by atoms with Crippen molar-refractivity contribution >= 4 is 40.6 Å². The van der Waals surface area contributed by atoms with Crippen LogP contribution in [0.1, 0.15) is 11.1 Å². The molecule has 1 heterocycles. The van der Waals surface area contributed by atoms with E-state index in [0.29, 0.717) is 22.5 Å². The van der Waals surface area contributed by atoms with Gasteiger partial charge in [0.25, 0.3) is 0 Å². The molecule has 164 valence electrons. The summed E-state index contributed by atoms with van der Waals surface area (Å²) in [7, 11) is 0. The molecule has 1 aliphatic rings. The molecule has 32 heavy (non-hydrogen) atoms. The van der Waals surface area contributed by atoms with Gasteiger partial charge in [0.15, 0.2) is 0 Å². The maximum Gasteiger partial charge on any atom is 0.219 e. The number of anilines is 1. The van der Waals surface area contributed by atoms with E-state index >= 15 is 0 Å². The Bertz CT molecular complexity index is 1080. The van der Waals surface area contributed by atoms with Crippen LogP contribution in [-0.4, -0.2) is 36.4 Å². The lowest BCUT2D eigenvalue weighted by atomic mass is 9.91. The van der Waals surface area contributed by atoms with E-state index in [9.17, 15) is 4.39 Å². The minimum absolute atomic E-state index is 0.0571. The van der Waals surface area contributed by atoms with Crippen molar-refractivity contribution in [2.24, 2.45) is 16.0 Å². The molecule has 1 unspecified atom stereocenters. The molecule has 4 rings (SSSR count). The number of hydrazone groups is 1. The Balaban J connectivity index is 1.64. The Morgan fingerprint density at radius 3 is 2.28 bits per heavy atom. The van der Waals surface area contributed by atoms with E-state index in [1.165, 1.54) is 5.56 Å². The van der Waals surface area contributed by atoms with Crippen LogP contribution in [0.2, 0.25) is 10.0 Å². The molecule has 1 aliphatic heterocycles. The molecule has 0 fully saturated rings. The lowest BCUT2D eigenvalue weighted by molar-refractivity contribution is 0.437. The van der Waals surface area contributed by atoms with Crippen molar-refractivity contribution in [3.05, 3.63) is 100 Å². The number of benzene rings is 3. The number of alkyl halides is 1. The zero-order valence-corrected chi connectivity index (χ0v) is 18.9. The van der Waals surface area contributed by atoms with Crippen LogP contribution in [0.15, 0.2) is 89.0 Å². The van der Waals surface area contributed by atoms with Crippen LogP contribution in [0.5, 0.6) is 0 Å². The minimum Gasteiger partial charge on any atom is -0.325 e. The SMILES string of the molecule is FCCN=C(Nc1ccc(Cl)cc1)N1CC(Cc2ccccc2)C(c2ccc(Cl)cc2)=N1. The van der Waals surface area contributed by atoms with Gasteiger partial charge in [-0.25, -0.2) is 14.4 Å². The summed E-state index contributed by atoms with van der Waals surface area (Å²) in [6.07, 6.45) is 0.829. The molecule has 0 amide bonds. The molecule has 0 saturated heterocycles. The highest BCUT2D eigenvalue weighted by Crippen LogP contribution is 2.25. The first-order chi connectivity index (χ1) is 15.6. The van der Waals surface area contributed by atoms with Crippen LogP contribution in [-0.2, 0) is 6.42 Å². The van der Waals surface area contributed by atoms with Gasteiger partial charge in [-0.1, -0.05) is 65.7 Å². The first-order valence-corrected chi connectivity index (χ1v) is 11.2. The highest BCUT2D eigenvalue weighted by Gasteiger charge is 2.30. The van der Waals surface area contributed by atoms with E-state index in [4.69, 9.17) is 28.3 Å². The summed E-state index contributed by atoms with van der Waals surface area (Å²) in [5.74, 6) is 0.646. The average Bonchev–Trinajstić information content (AvgIpc) is 3.22. The summed E-state index contributed by atoms with van der Waals surface area (Å²) in [6.45, 7) is 0.140. The Labute approximate surface area is 197 Å². The summed E-state index contributed by atoms with van der Waals surface area (Å²) in [5.41, 5.74) is 4.00. The summed E-state index contributed by atoms with van der Waals surface area (Å²) in [6, 6.07) is 25.3. The van der Waals surface area contributed by atoms with Crippen LogP contribution in [0.25, 0.3) is 0 Å². The lowest BCUT2D eigenvalue weighted by Gasteiger charge is -2.19. The highest BCUT2D eigenvalue weighted by atomic mass is 35.5. The molecule has 0 bridgehead atoms. The zero-order chi connectivity index (χ0) is 22.3. The molecule has 0 radical (unpaired) electrons. The third-order valence-corrected chi connectivity index (χ3v) is 5.67. The third-order valence-electron chi connectivity index (χ3n) is 5.16. The molecular weight excluding hydrogens is 446 g/mol. The molecule has 4 nitrogen and oxygen atoms in total. The van der Waals surface area contributed by atoms with Gasteiger partial charge < -0.3 is 5.32 Å². The number of nitrogens with one attached hydrogen (secondary N) is 1. The summed E-state index contributed by atoms with van der Waals surface area (Å²) in [4.78, 5) is 4.42. The van der Waals surface area contributed by atoms with Gasteiger partial charge in [-0.05, 0) is 53.9 Å². The topological polar surface area (TPSA) is 40.0 Å². The van der Waals surface area contributed by atoms with Gasteiger partial charge in [-0.3, -0.25) is 0 Å². The summed E-state index contributed by atoms with van der Waals surface area (Å²) >= 11 is 12.1. The van der Waals surface area contributed by atoms with Gasteiger partial charge in [0.05, 0.1) is 18.8 Å². The first-order valence-electron chi connectivity index (χ1n) is 10.4. The predicted molar refractivity (Wildman–Crippen MR) is 132 cm³/mol. The molecular formula is C25H23Cl2FN4. The smallest absolute Gasteiger partial charge is 0.219 e. The molecule has 0 saturated carbocycles. The molecule has 7 heteroatoms. The zero-order valence-electron chi connectivity index (χ0n) is 17.4. The van der Waals surface area contributed by atoms with Crippen molar-refractivity contribution in [1.82, 2.24) is 5.01 Å². The first kappa shape index (κ1) is 22.3. The van der Waals surface area contributed by atoms with Gasteiger partial charge in [0.1, 0.15) is 6.67 Å². The van der Waals surface area contributed by atoms with Crippen molar-refractivity contribution in [2.75, 3.05) is 25.1 Å². The van der Waals surface area contributed by atoms with E-state index in [0.717, 1.165) is 23.4 Å². The number of halogens is 3. The second-order valence-electron chi connectivity index (χ2n) is 7.49. The molecule has 3 aromatic rings. The van der Waals surface area contributed by atoms with Crippen LogP contribution in [0, 0.1) is 5.92 Å². The van der Waals surface area contributed by atoms with E-state index < -0.39 is 6.67 Å². The van der Waals surface area contributed by atoms with E-state index in [2.05, 4.69) is 22.4 Å². The van der Waals surface area contributed by atoms with Crippen molar-refractivity contribution in [3.8, 4) is 0 Å². The Morgan fingerprint density at radius 1 is 0.969 bits per heavy atom. The molecule has 3 aromatic carbocycles. The second kappa shape index (κ2) is 10.6. The Morgan fingerprint density at radius 2 is 1.62 bits per heavy atom. The maximum absolute atomic E-state index is 13.0. The monoisotopic (exact) mass is 468 g/mol. The third kappa shape index (κ3) is 5.67. The van der Waals surface area contributed by atoms with E-state index in [-0.39, 0.29) is 12.5 Å². The van der Waals surface area contributed by atoms with E-state index in [1.807, 2.05) is 59.6 Å². The van der Waals surface area contributed by atoms with Crippen molar-refractivity contribution in [1.29, 1.82) is 0 Å².